The van der Waals surface area contributed by atoms with E-state index in [1.54, 1.807) is 30.3 Å². The number of hydrogen-bond acceptors (Lipinski definition) is 5. The number of rotatable bonds is 8. The Labute approximate surface area is 162 Å². The van der Waals surface area contributed by atoms with Gasteiger partial charge >= 0.3 is 5.97 Å². The third-order valence-corrected chi connectivity index (χ3v) is 5.17. The maximum atomic E-state index is 12.2. The largest absolute Gasteiger partial charge is 0.452 e. The number of sulfonamides is 1. The molecule has 2 rings (SSSR count). The molecular formula is C18H17ClN2O5S. The van der Waals surface area contributed by atoms with Gasteiger partial charge in [0, 0.05) is 12.2 Å². The quantitative estimate of drug-likeness (QED) is 0.516. The topological polar surface area (TPSA) is 102 Å². The first-order chi connectivity index (χ1) is 12.8. The molecule has 0 saturated heterocycles. The van der Waals surface area contributed by atoms with E-state index in [-0.39, 0.29) is 22.0 Å². The summed E-state index contributed by atoms with van der Waals surface area (Å²) < 4.78 is 31.6. The molecule has 0 aliphatic heterocycles. The fraction of sp³-hybridized carbons (Fsp3) is 0.111. The van der Waals surface area contributed by atoms with Crippen molar-refractivity contribution >= 4 is 39.2 Å². The molecule has 0 spiro atoms. The summed E-state index contributed by atoms with van der Waals surface area (Å²) in [4.78, 5) is 23.7. The van der Waals surface area contributed by atoms with Gasteiger partial charge in [0.2, 0.25) is 10.0 Å². The van der Waals surface area contributed by atoms with Crippen molar-refractivity contribution in [3.8, 4) is 0 Å². The summed E-state index contributed by atoms with van der Waals surface area (Å²) >= 11 is 5.92. The highest BCUT2D eigenvalue weighted by Crippen LogP contribution is 2.23. The maximum Gasteiger partial charge on any atom is 0.338 e. The van der Waals surface area contributed by atoms with Crippen LogP contribution in [0.5, 0.6) is 0 Å². The van der Waals surface area contributed by atoms with Crippen LogP contribution in [0.4, 0.5) is 5.69 Å². The van der Waals surface area contributed by atoms with Gasteiger partial charge in [0.25, 0.3) is 5.91 Å². The van der Waals surface area contributed by atoms with Crippen molar-refractivity contribution in [2.24, 2.45) is 0 Å². The number of anilines is 1. The third-order valence-electron chi connectivity index (χ3n) is 3.27. The number of halogens is 1. The second-order valence-electron chi connectivity index (χ2n) is 5.28. The van der Waals surface area contributed by atoms with Crippen molar-refractivity contribution in [1.29, 1.82) is 0 Å². The summed E-state index contributed by atoms with van der Waals surface area (Å²) in [6, 6.07) is 12.3. The lowest BCUT2D eigenvalue weighted by Gasteiger charge is -2.10. The number of hydrogen-bond donors (Lipinski definition) is 2. The Bertz CT molecular complexity index is 945. The molecule has 0 aliphatic carbocycles. The normalized spacial score (nSPS) is 10.9. The van der Waals surface area contributed by atoms with Gasteiger partial charge in [0.1, 0.15) is 4.90 Å². The van der Waals surface area contributed by atoms with Crippen LogP contribution in [0.2, 0.25) is 5.02 Å². The Balaban J connectivity index is 2.05. The van der Waals surface area contributed by atoms with Gasteiger partial charge in [-0.05, 0) is 30.3 Å². The van der Waals surface area contributed by atoms with E-state index in [9.17, 15) is 18.0 Å². The number of carbonyl (C=O) groups is 2. The predicted molar refractivity (Wildman–Crippen MR) is 102 cm³/mol. The molecule has 0 aliphatic rings. The molecule has 2 N–H and O–H groups in total. The van der Waals surface area contributed by atoms with E-state index in [1.165, 1.54) is 18.2 Å². The van der Waals surface area contributed by atoms with Crippen LogP contribution in [-0.2, 0) is 19.6 Å². The van der Waals surface area contributed by atoms with Crippen LogP contribution in [0.3, 0.4) is 0 Å². The van der Waals surface area contributed by atoms with E-state index in [0.29, 0.717) is 5.69 Å². The monoisotopic (exact) mass is 408 g/mol. The lowest BCUT2D eigenvalue weighted by atomic mass is 10.2. The molecule has 7 nitrogen and oxygen atoms in total. The van der Waals surface area contributed by atoms with Gasteiger partial charge in [-0.15, -0.1) is 6.58 Å². The second kappa shape index (κ2) is 9.31. The van der Waals surface area contributed by atoms with Crippen LogP contribution in [-0.4, -0.2) is 33.4 Å². The lowest BCUT2D eigenvalue weighted by Crippen LogP contribution is -2.24. The molecule has 2 aromatic carbocycles. The maximum absolute atomic E-state index is 12.2. The Hall–Kier alpha value is -2.68. The molecule has 0 radical (unpaired) electrons. The van der Waals surface area contributed by atoms with Crippen molar-refractivity contribution in [2.45, 2.75) is 4.90 Å². The summed E-state index contributed by atoms with van der Waals surface area (Å²) in [6.07, 6.45) is 1.37. The first kappa shape index (κ1) is 20.6. The van der Waals surface area contributed by atoms with E-state index in [4.69, 9.17) is 16.3 Å². The average molecular weight is 409 g/mol. The molecule has 0 unspecified atom stereocenters. The molecule has 0 fully saturated rings. The van der Waals surface area contributed by atoms with Crippen molar-refractivity contribution in [3.05, 3.63) is 71.8 Å². The van der Waals surface area contributed by atoms with Gasteiger partial charge in [0.05, 0.1) is 10.6 Å². The van der Waals surface area contributed by atoms with E-state index < -0.39 is 28.5 Å². The van der Waals surface area contributed by atoms with E-state index >= 15 is 0 Å². The zero-order valence-corrected chi connectivity index (χ0v) is 15.7. The SMILES string of the molecule is C=CCNS(=O)(=O)c1cc(C(=O)OCC(=O)Nc2ccccc2)ccc1Cl. The molecule has 0 atom stereocenters. The number of amides is 1. The minimum absolute atomic E-state index is 0.00694. The Morgan fingerprint density at radius 2 is 1.85 bits per heavy atom. The van der Waals surface area contributed by atoms with Gasteiger partial charge in [-0.25, -0.2) is 17.9 Å². The minimum Gasteiger partial charge on any atom is -0.452 e. The smallest absolute Gasteiger partial charge is 0.338 e. The summed E-state index contributed by atoms with van der Waals surface area (Å²) in [5, 5.41) is 2.51. The van der Waals surface area contributed by atoms with Gasteiger partial charge in [-0.1, -0.05) is 35.9 Å². The van der Waals surface area contributed by atoms with Crippen LogP contribution in [0.15, 0.2) is 66.1 Å². The van der Waals surface area contributed by atoms with Crippen molar-refractivity contribution in [3.63, 3.8) is 0 Å². The molecule has 2 aromatic rings. The minimum atomic E-state index is -3.92. The average Bonchev–Trinajstić information content (AvgIpc) is 2.65. The standard InChI is InChI=1S/C18H17ClN2O5S/c1-2-10-20-27(24,25)16-11-13(8-9-15(16)19)18(23)26-12-17(22)21-14-6-4-3-5-7-14/h2-9,11,20H,1,10,12H2,(H,21,22). The Morgan fingerprint density at radius 3 is 2.52 bits per heavy atom. The zero-order valence-electron chi connectivity index (χ0n) is 14.1. The summed E-state index contributed by atoms with van der Waals surface area (Å²) in [5.74, 6) is -1.38. The van der Waals surface area contributed by atoms with Crippen LogP contribution in [0.1, 0.15) is 10.4 Å². The second-order valence-corrected chi connectivity index (χ2v) is 7.42. The molecule has 142 valence electrons. The predicted octanol–water partition coefficient (Wildman–Crippen LogP) is 2.60. The number of nitrogens with one attached hydrogen (secondary N) is 2. The molecule has 0 saturated carbocycles. The van der Waals surface area contributed by atoms with Crippen LogP contribution in [0.25, 0.3) is 0 Å². The van der Waals surface area contributed by atoms with Crippen molar-refractivity contribution in [2.75, 3.05) is 18.5 Å². The van der Waals surface area contributed by atoms with Crippen molar-refractivity contribution in [1.82, 2.24) is 4.72 Å². The first-order valence-electron chi connectivity index (χ1n) is 7.75. The van der Waals surface area contributed by atoms with E-state index in [0.717, 1.165) is 6.07 Å². The van der Waals surface area contributed by atoms with Crippen LogP contribution in [0, 0.1) is 0 Å². The first-order valence-corrected chi connectivity index (χ1v) is 9.62. The number of ether oxygens (including phenoxy) is 1. The third kappa shape index (κ3) is 5.92. The summed E-state index contributed by atoms with van der Waals surface area (Å²) in [7, 11) is -3.92. The number of esters is 1. The van der Waals surface area contributed by atoms with Gasteiger partial charge < -0.3 is 10.1 Å². The highest BCUT2D eigenvalue weighted by atomic mass is 35.5. The highest BCUT2D eigenvalue weighted by molar-refractivity contribution is 7.89. The molecule has 0 heterocycles. The molecule has 9 heteroatoms. The summed E-state index contributed by atoms with van der Waals surface area (Å²) in [6.45, 7) is 2.91. The van der Waals surface area contributed by atoms with Crippen LogP contribution < -0.4 is 10.0 Å². The molecule has 1 amide bonds. The van der Waals surface area contributed by atoms with Crippen molar-refractivity contribution < 1.29 is 22.7 Å². The highest BCUT2D eigenvalue weighted by Gasteiger charge is 2.20. The van der Waals surface area contributed by atoms with E-state index in [2.05, 4.69) is 16.6 Å². The fourth-order valence-corrected chi connectivity index (χ4v) is 3.54. The zero-order chi connectivity index (χ0) is 19.9. The molecular weight excluding hydrogens is 392 g/mol. The lowest BCUT2D eigenvalue weighted by molar-refractivity contribution is -0.119. The van der Waals surface area contributed by atoms with Gasteiger partial charge in [0.15, 0.2) is 6.61 Å². The van der Waals surface area contributed by atoms with Gasteiger partial charge in [-0.2, -0.15) is 0 Å². The van der Waals surface area contributed by atoms with E-state index in [1.807, 2.05) is 0 Å². The number of carbonyl (C=O) groups excluding carboxylic acids is 2. The number of para-hydroxylation sites is 1. The Kier molecular flexibility index (Phi) is 7.12. The molecule has 27 heavy (non-hydrogen) atoms. The Morgan fingerprint density at radius 1 is 1.15 bits per heavy atom. The fourth-order valence-electron chi connectivity index (χ4n) is 2.02. The van der Waals surface area contributed by atoms with Gasteiger partial charge in [-0.3, -0.25) is 4.79 Å². The van der Waals surface area contributed by atoms with Crippen LogP contribution >= 0.6 is 11.6 Å². The summed E-state index contributed by atoms with van der Waals surface area (Å²) in [5.41, 5.74) is 0.512. The molecule has 0 aromatic heterocycles. The number of benzene rings is 2. The molecule has 0 bridgehead atoms.